The Kier molecular flexibility index (Phi) is 6.55. The Labute approximate surface area is 214 Å². The van der Waals surface area contributed by atoms with Crippen LogP contribution in [0.25, 0.3) is 22.2 Å². The van der Waals surface area contributed by atoms with Crippen LogP contribution in [0, 0.1) is 0 Å². The van der Waals surface area contributed by atoms with Gasteiger partial charge in [0.15, 0.2) is 5.65 Å². The van der Waals surface area contributed by atoms with Gasteiger partial charge in [0.2, 0.25) is 0 Å². The maximum absolute atomic E-state index is 13.4. The minimum absolute atomic E-state index is 0.174. The molecule has 0 aliphatic rings. The Morgan fingerprint density at radius 1 is 1.03 bits per heavy atom. The van der Waals surface area contributed by atoms with Crippen molar-refractivity contribution in [1.29, 1.82) is 0 Å². The van der Waals surface area contributed by atoms with Crippen molar-refractivity contribution in [1.82, 2.24) is 20.0 Å². The number of aromatic nitrogens is 3. The van der Waals surface area contributed by atoms with Gasteiger partial charge in [0.25, 0.3) is 5.91 Å². The van der Waals surface area contributed by atoms with Gasteiger partial charge in [-0.2, -0.15) is 9.78 Å². The molecule has 3 aromatic carbocycles. The fraction of sp³-hybridized carbons (Fsp3) is 0.172. The van der Waals surface area contributed by atoms with Crippen LogP contribution in [-0.4, -0.2) is 33.9 Å². The molecule has 5 aromatic rings. The quantitative estimate of drug-likeness (QED) is 0.307. The molecule has 0 bridgehead atoms. The van der Waals surface area contributed by atoms with Gasteiger partial charge in [-0.15, -0.1) is 0 Å². The van der Waals surface area contributed by atoms with Crippen LogP contribution in [0.15, 0.2) is 77.9 Å². The van der Waals surface area contributed by atoms with Gasteiger partial charge in [0, 0.05) is 6.54 Å². The minimum atomic E-state index is -0.349. The molecule has 1 amide bonds. The second kappa shape index (κ2) is 10.1. The van der Waals surface area contributed by atoms with Gasteiger partial charge in [-0.05, 0) is 46.9 Å². The van der Waals surface area contributed by atoms with Crippen molar-refractivity contribution in [3.05, 3.63) is 95.1 Å². The molecule has 3 N–H and O–H groups in total. The molecule has 0 spiro atoms. The first-order chi connectivity index (χ1) is 17.9. The van der Waals surface area contributed by atoms with E-state index < -0.39 is 0 Å². The number of hydrogen-bond acceptors (Lipinski definition) is 6. The van der Waals surface area contributed by atoms with E-state index in [4.69, 9.17) is 20.4 Å². The fourth-order valence-electron chi connectivity index (χ4n) is 4.09. The third-order valence-corrected chi connectivity index (χ3v) is 6.24. The second-order valence-corrected chi connectivity index (χ2v) is 9.05. The number of benzene rings is 3. The van der Waals surface area contributed by atoms with Crippen molar-refractivity contribution in [2.45, 2.75) is 26.3 Å². The molecule has 0 radical (unpaired) electrons. The zero-order chi connectivity index (χ0) is 25.9. The lowest BCUT2D eigenvalue weighted by Gasteiger charge is -2.07. The number of fused-ring (bicyclic) bond motifs is 2. The average molecular weight is 493 g/mol. The number of anilines is 1. The molecule has 0 atom stereocenters. The van der Waals surface area contributed by atoms with Gasteiger partial charge < -0.3 is 15.8 Å². The lowest BCUT2D eigenvalue weighted by Crippen LogP contribution is -2.23. The molecule has 0 aliphatic carbocycles. The maximum atomic E-state index is 13.4. The molecule has 8 nitrogen and oxygen atoms in total. The number of carbonyl (C=O) groups excluding carboxylic acids is 1. The monoisotopic (exact) mass is 492 g/mol. The molecule has 0 saturated heterocycles. The molecular weight excluding hydrogens is 464 g/mol. The predicted octanol–water partition coefficient (Wildman–Crippen LogP) is 5.11. The third kappa shape index (κ3) is 4.86. The van der Waals surface area contributed by atoms with Crippen LogP contribution in [0.5, 0.6) is 5.75 Å². The lowest BCUT2D eigenvalue weighted by atomic mass is 10.0. The van der Waals surface area contributed by atoms with Gasteiger partial charge in [-0.1, -0.05) is 62.4 Å². The van der Waals surface area contributed by atoms with Gasteiger partial charge in [-0.3, -0.25) is 4.79 Å². The van der Waals surface area contributed by atoms with E-state index in [0.717, 1.165) is 16.9 Å². The SMILES string of the molecule is COc1ccc(CNC(=O)c2c(N)n(/N=C\c3ccc(C(C)C)cc3)c3nc4ccccc4nc23)cc1. The van der Waals surface area contributed by atoms with Crippen molar-refractivity contribution in [2.24, 2.45) is 5.10 Å². The van der Waals surface area contributed by atoms with Crippen LogP contribution < -0.4 is 15.8 Å². The molecule has 5 rings (SSSR count). The van der Waals surface area contributed by atoms with Crippen molar-refractivity contribution >= 4 is 40.1 Å². The van der Waals surface area contributed by atoms with Gasteiger partial charge in [0.1, 0.15) is 22.6 Å². The number of nitrogens with one attached hydrogen (secondary N) is 1. The summed E-state index contributed by atoms with van der Waals surface area (Å²) in [5.74, 6) is 1.02. The van der Waals surface area contributed by atoms with E-state index in [1.165, 1.54) is 10.2 Å². The summed E-state index contributed by atoms with van der Waals surface area (Å²) in [7, 11) is 1.61. The number of nitrogens with zero attached hydrogens (tertiary/aromatic N) is 4. The molecule has 0 fully saturated rings. The van der Waals surface area contributed by atoms with E-state index in [-0.39, 0.29) is 17.3 Å². The van der Waals surface area contributed by atoms with E-state index in [9.17, 15) is 4.79 Å². The molecule has 186 valence electrons. The van der Waals surface area contributed by atoms with Crippen molar-refractivity contribution < 1.29 is 9.53 Å². The van der Waals surface area contributed by atoms with Crippen molar-refractivity contribution in [3.63, 3.8) is 0 Å². The first-order valence-corrected chi connectivity index (χ1v) is 12.1. The van der Waals surface area contributed by atoms with E-state index in [2.05, 4.69) is 36.4 Å². The third-order valence-electron chi connectivity index (χ3n) is 6.24. The number of ether oxygens (including phenoxy) is 1. The summed E-state index contributed by atoms with van der Waals surface area (Å²) >= 11 is 0. The highest BCUT2D eigenvalue weighted by atomic mass is 16.5. The first-order valence-electron chi connectivity index (χ1n) is 12.1. The van der Waals surface area contributed by atoms with Crippen LogP contribution in [-0.2, 0) is 6.54 Å². The number of methoxy groups -OCH3 is 1. The highest BCUT2D eigenvalue weighted by Gasteiger charge is 2.24. The lowest BCUT2D eigenvalue weighted by molar-refractivity contribution is 0.0953. The highest BCUT2D eigenvalue weighted by molar-refractivity contribution is 6.10. The number of carbonyl (C=O) groups is 1. The van der Waals surface area contributed by atoms with E-state index in [1.807, 2.05) is 60.7 Å². The summed E-state index contributed by atoms with van der Waals surface area (Å²) in [5, 5.41) is 7.54. The van der Waals surface area contributed by atoms with Gasteiger partial charge in [-0.25, -0.2) is 9.97 Å². The minimum Gasteiger partial charge on any atom is -0.497 e. The predicted molar refractivity (Wildman–Crippen MR) is 147 cm³/mol. The number of nitrogens with two attached hydrogens (primary N) is 1. The number of amides is 1. The Hall–Kier alpha value is -4.72. The smallest absolute Gasteiger partial charge is 0.257 e. The summed E-state index contributed by atoms with van der Waals surface area (Å²) < 4.78 is 6.68. The van der Waals surface area contributed by atoms with Gasteiger partial charge in [0.05, 0.1) is 24.4 Å². The summed E-state index contributed by atoms with van der Waals surface area (Å²) in [4.78, 5) is 22.8. The number of para-hydroxylation sites is 2. The second-order valence-electron chi connectivity index (χ2n) is 9.05. The van der Waals surface area contributed by atoms with Crippen LogP contribution in [0.3, 0.4) is 0 Å². The largest absolute Gasteiger partial charge is 0.497 e. The average Bonchev–Trinajstić information content (AvgIpc) is 3.19. The van der Waals surface area contributed by atoms with Crippen LogP contribution >= 0.6 is 0 Å². The van der Waals surface area contributed by atoms with Crippen molar-refractivity contribution in [2.75, 3.05) is 12.8 Å². The van der Waals surface area contributed by atoms with E-state index in [0.29, 0.717) is 34.7 Å². The van der Waals surface area contributed by atoms with E-state index >= 15 is 0 Å². The molecule has 0 saturated carbocycles. The molecular formula is C29H28N6O2. The van der Waals surface area contributed by atoms with Crippen LogP contribution in [0.2, 0.25) is 0 Å². The number of nitrogen functional groups attached to an aromatic ring is 1. The topological polar surface area (TPSA) is 107 Å². The maximum Gasteiger partial charge on any atom is 0.257 e. The number of rotatable bonds is 7. The first kappa shape index (κ1) is 24.0. The fourth-order valence-corrected chi connectivity index (χ4v) is 4.09. The highest BCUT2D eigenvalue weighted by Crippen LogP contribution is 2.28. The van der Waals surface area contributed by atoms with Crippen LogP contribution in [0.4, 0.5) is 5.82 Å². The van der Waals surface area contributed by atoms with Gasteiger partial charge >= 0.3 is 0 Å². The Balaban J connectivity index is 1.52. The molecule has 0 unspecified atom stereocenters. The zero-order valence-corrected chi connectivity index (χ0v) is 21.0. The molecule has 2 aromatic heterocycles. The molecule has 8 heteroatoms. The summed E-state index contributed by atoms with van der Waals surface area (Å²) in [5.41, 5.74) is 12.0. The van der Waals surface area contributed by atoms with E-state index in [1.54, 1.807) is 13.3 Å². The molecule has 37 heavy (non-hydrogen) atoms. The number of hydrogen-bond donors (Lipinski definition) is 2. The standard InChI is InChI=1S/C29H28N6O2/c1-18(2)21-12-8-20(9-13-21)17-32-35-27(30)25(26-28(35)34-24-7-5-4-6-23(24)33-26)29(36)31-16-19-10-14-22(37-3)15-11-19/h4-15,17-18H,16,30H2,1-3H3,(H,31,36)/b32-17-. The zero-order valence-electron chi connectivity index (χ0n) is 21.0. The molecule has 0 aliphatic heterocycles. The normalized spacial score (nSPS) is 11.6. The Morgan fingerprint density at radius 3 is 2.35 bits per heavy atom. The Bertz CT molecular complexity index is 1600. The summed E-state index contributed by atoms with van der Waals surface area (Å²) in [6.45, 7) is 4.63. The Morgan fingerprint density at radius 2 is 1.70 bits per heavy atom. The van der Waals surface area contributed by atoms with Crippen molar-refractivity contribution in [3.8, 4) is 5.75 Å². The summed E-state index contributed by atoms with van der Waals surface area (Å²) in [6.07, 6.45) is 1.70. The summed E-state index contributed by atoms with van der Waals surface area (Å²) in [6, 6.07) is 23.1. The van der Waals surface area contributed by atoms with Crippen LogP contribution in [0.1, 0.15) is 46.8 Å². The molecule has 2 heterocycles.